The number of hydrogen-bond acceptors (Lipinski definition) is 2. The first-order chi connectivity index (χ1) is 8.61. The molecule has 0 unspecified atom stereocenters. The predicted octanol–water partition coefficient (Wildman–Crippen LogP) is 4.10. The van der Waals surface area contributed by atoms with E-state index in [1.807, 2.05) is 25.4 Å². The molecule has 0 atom stereocenters. The molecule has 0 saturated heterocycles. The molecule has 2 rings (SSSR count). The topological polar surface area (TPSA) is 25.8 Å². The van der Waals surface area contributed by atoms with Gasteiger partial charge in [0.25, 0.3) is 0 Å². The zero-order valence-electron chi connectivity index (χ0n) is 11.4. The molecule has 2 nitrogen and oxygen atoms in total. The van der Waals surface area contributed by atoms with Gasteiger partial charge in [0.15, 0.2) is 0 Å². The lowest BCUT2D eigenvalue weighted by atomic mass is 10.1. The van der Waals surface area contributed by atoms with E-state index in [0.29, 0.717) is 0 Å². The summed E-state index contributed by atoms with van der Waals surface area (Å²) in [4.78, 5) is 8.92. The molecule has 0 aromatic carbocycles. The molecule has 0 spiro atoms. The normalized spacial score (nSPS) is 11.1. The number of allylic oxidation sites excluding steroid dienone is 1. The Morgan fingerprint density at radius 3 is 2.06 bits per heavy atom. The van der Waals surface area contributed by atoms with Gasteiger partial charge in [-0.25, -0.2) is 0 Å². The van der Waals surface area contributed by atoms with Gasteiger partial charge >= 0.3 is 0 Å². The van der Waals surface area contributed by atoms with Gasteiger partial charge in [0, 0.05) is 12.4 Å². The van der Waals surface area contributed by atoms with Crippen molar-refractivity contribution in [2.75, 3.05) is 0 Å². The highest BCUT2D eigenvalue weighted by Crippen LogP contribution is 2.20. The van der Waals surface area contributed by atoms with Crippen molar-refractivity contribution in [3.05, 3.63) is 52.9 Å². The van der Waals surface area contributed by atoms with Gasteiger partial charge in [0.05, 0.1) is 11.4 Å². The van der Waals surface area contributed by atoms with Crippen LogP contribution in [0.3, 0.4) is 0 Å². The average Bonchev–Trinajstić information content (AvgIpc) is 2.36. The van der Waals surface area contributed by atoms with Crippen LogP contribution >= 0.6 is 0 Å². The molecule has 2 aromatic heterocycles. The number of nitrogens with zero attached hydrogens (tertiary/aromatic N) is 2. The quantitative estimate of drug-likeness (QED) is 0.787. The molecule has 18 heavy (non-hydrogen) atoms. The van der Waals surface area contributed by atoms with Crippen LogP contribution in [0.15, 0.2) is 30.6 Å². The van der Waals surface area contributed by atoms with Crippen molar-refractivity contribution in [1.82, 2.24) is 9.97 Å². The van der Waals surface area contributed by atoms with Crippen LogP contribution in [-0.2, 0) is 0 Å². The van der Waals surface area contributed by atoms with E-state index >= 15 is 0 Å². The molecule has 2 aromatic rings. The Hall–Kier alpha value is -1.96. The Morgan fingerprint density at radius 1 is 0.833 bits per heavy atom. The summed E-state index contributed by atoms with van der Waals surface area (Å²) in [5, 5.41) is 0. The fourth-order valence-electron chi connectivity index (χ4n) is 1.80. The van der Waals surface area contributed by atoms with Gasteiger partial charge in [-0.3, -0.25) is 9.97 Å². The van der Waals surface area contributed by atoms with Crippen molar-refractivity contribution < 1.29 is 0 Å². The molecule has 0 bridgehead atoms. The van der Waals surface area contributed by atoms with Gasteiger partial charge in [-0.1, -0.05) is 12.2 Å². The first-order valence-electron chi connectivity index (χ1n) is 6.15. The molecule has 0 N–H and O–H groups in total. The van der Waals surface area contributed by atoms with Gasteiger partial charge in [-0.15, -0.1) is 0 Å². The molecule has 0 aliphatic heterocycles. The van der Waals surface area contributed by atoms with Crippen LogP contribution in [0.5, 0.6) is 0 Å². The highest BCUT2D eigenvalue weighted by Gasteiger charge is 2.05. The Labute approximate surface area is 108 Å². The molecule has 0 amide bonds. The van der Waals surface area contributed by atoms with Gasteiger partial charge < -0.3 is 0 Å². The third-order valence-corrected chi connectivity index (χ3v) is 3.13. The summed E-state index contributed by atoms with van der Waals surface area (Å²) in [5.41, 5.74) is 6.69. The minimum Gasteiger partial charge on any atom is -0.254 e. The molecular weight excluding hydrogens is 220 g/mol. The Morgan fingerprint density at radius 2 is 1.44 bits per heavy atom. The lowest BCUT2D eigenvalue weighted by molar-refractivity contribution is 1.18. The minimum atomic E-state index is 0.928. The van der Waals surface area contributed by atoms with Crippen molar-refractivity contribution in [2.45, 2.75) is 27.7 Å². The molecule has 0 aliphatic carbocycles. The summed E-state index contributed by atoms with van der Waals surface area (Å²) >= 11 is 0. The van der Waals surface area contributed by atoms with Gasteiger partial charge in [0.2, 0.25) is 0 Å². The van der Waals surface area contributed by atoms with Gasteiger partial charge in [-0.05, 0) is 62.1 Å². The van der Waals surface area contributed by atoms with Crippen molar-refractivity contribution in [3.63, 3.8) is 0 Å². The van der Waals surface area contributed by atoms with E-state index in [1.165, 1.54) is 22.3 Å². The zero-order chi connectivity index (χ0) is 13.1. The lowest BCUT2D eigenvalue weighted by Gasteiger charge is -2.06. The van der Waals surface area contributed by atoms with Crippen LogP contribution in [0.25, 0.3) is 17.5 Å². The highest BCUT2D eigenvalue weighted by atomic mass is 14.8. The Balaban J connectivity index is 2.50. The summed E-state index contributed by atoms with van der Waals surface area (Å²) in [6, 6.07) is 4.18. The van der Waals surface area contributed by atoms with Crippen LogP contribution < -0.4 is 0 Å². The fraction of sp³-hybridized carbons (Fsp3) is 0.250. The summed E-state index contributed by atoms with van der Waals surface area (Å²) in [7, 11) is 0. The van der Waals surface area contributed by atoms with E-state index in [4.69, 9.17) is 0 Å². The molecule has 0 saturated carbocycles. The summed E-state index contributed by atoms with van der Waals surface area (Å²) in [6.45, 7) is 8.26. The van der Waals surface area contributed by atoms with E-state index in [1.54, 1.807) is 0 Å². The second-order valence-corrected chi connectivity index (χ2v) is 4.58. The first-order valence-corrected chi connectivity index (χ1v) is 6.15. The second kappa shape index (κ2) is 5.13. The maximum atomic E-state index is 4.47. The summed E-state index contributed by atoms with van der Waals surface area (Å²) in [6.07, 6.45) is 7.95. The molecular formula is C16H18N2. The number of pyridine rings is 2. The van der Waals surface area contributed by atoms with E-state index in [2.05, 4.69) is 48.9 Å². The molecule has 92 valence electrons. The standard InChI is InChI=1S/C16H18N2/c1-5-6-14-8-16(18-10-13(14)4)15-7-11(2)12(3)9-17-15/h5-10H,1-4H3/b6-5-. The van der Waals surface area contributed by atoms with Crippen molar-refractivity contribution in [2.24, 2.45) is 0 Å². The third-order valence-electron chi connectivity index (χ3n) is 3.13. The molecule has 0 aliphatic rings. The monoisotopic (exact) mass is 238 g/mol. The lowest BCUT2D eigenvalue weighted by Crippen LogP contribution is -1.93. The van der Waals surface area contributed by atoms with E-state index in [0.717, 1.165) is 11.4 Å². The second-order valence-electron chi connectivity index (χ2n) is 4.58. The van der Waals surface area contributed by atoms with E-state index in [9.17, 15) is 0 Å². The Kier molecular flexibility index (Phi) is 3.56. The first kappa shape index (κ1) is 12.5. The largest absolute Gasteiger partial charge is 0.254 e. The number of aromatic nitrogens is 2. The molecule has 2 heterocycles. The molecule has 0 fully saturated rings. The number of rotatable bonds is 2. The highest BCUT2D eigenvalue weighted by molar-refractivity contribution is 5.63. The van der Waals surface area contributed by atoms with Gasteiger partial charge in [0.1, 0.15) is 0 Å². The number of aryl methyl sites for hydroxylation is 3. The minimum absolute atomic E-state index is 0.928. The van der Waals surface area contributed by atoms with Gasteiger partial charge in [-0.2, -0.15) is 0 Å². The van der Waals surface area contributed by atoms with Crippen LogP contribution in [0.2, 0.25) is 0 Å². The van der Waals surface area contributed by atoms with Crippen LogP contribution in [0.1, 0.15) is 29.2 Å². The van der Waals surface area contributed by atoms with Crippen LogP contribution in [-0.4, -0.2) is 9.97 Å². The fourth-order valence-corrected chi connectivity index (χ4v) is 1.80. The maximum absolute atomic E-state index is 4.47. The van der Waals surface area contributed by atoms with E-state index in [-0.39, 0.29) is 0 Å². The number of hydrogen-bond donors (Lipinski definition) is 0. The van der Waals surface area contributed by atoms with Crippen molar-refractivity contribution in [1.29, 1.82) is 0 Å². The summed E-state index contributed by atoms with van der Waals surface area (Å²) < 4.78 is 0. The summed E-state index contributed by atoms with van der Waals surface area (Å²) in [5.74, 6) is 0. The SMILES string of the molecule is C/C=C\c1cc(-c2cc(C)c(C)cn2)ncc1C. The van der Waals surface area contributed by atoms with Crippen molar-refractivity contribution >= 4 is 6.08 Å². The molecule has 0 radical (unpaired) electrons. The maximum Gasteiger partial charge on any atom is 0.0892 e. The van der Waals surface area contributed by atoms with Crippen LogP contribution in [0.4, 0.5) is 0 Å². The zero-order valence-corrected chi connectivity index (χ0v) is 11.4. The third kappa shape index (κ3) is 2.48. The Bertz CT molecular complexity index is 598. The average molecular weight is 238 g/mol. The van der Waals surface area contributed by atoms with Crippen molar-refractivity contribution in [3.8, 4) is 11.4 Å². The van der Waals surface area contributed by atoms with E-state index < -0.39 is 0 Å². The predicted molar refractivity (Wildman–Crippen MR) is 76.4 cm³/mol. The molecule has 2 heteroatoms. The van der Waals surface area contributed by atoms with Crippen LogP contribution in [0, 0.1) is 20.8 Å². The smallest absolute Gasteiger partial charge is 0.0892 e.